The first kappa shape index (κ1) is 32.8. The lowest BCUT2D eigenvalue weighted by molar-refractivity contribution is -0.139. The van der Waals surface area contributed by atoms with Gasteiger partial charge in [-0.25, -0.2) is 9.79 Å². The largest absolute Gasteiger partial charge is 0.493 e. The molecule has 4 aromatic rings. The summed E-state index contributed by atoms with van der Waals surface area (Å²) >= 11 is 9.48. The van der Waals surface area contributed by atoms with Crippen LogP contribution < -0.4 is 29.1 Å². The van der Waals surface area contributed by atoms with E-state index in [0.29, 0.717) is 49.3 Å². The fraction of sp³-hybridized carbons (Fsp3) is 0.265. The summed E-state index contributed by atoms with van der Waals surface area (Å²) in [6.07, 6.45) is 1.77. The summed E-state index contributed by atoms with van der Waals surface area (Å²) in [7, 11) is 1.56. The van der Waals surface area contributed by atoms with Crippen LogP contribution >= 0.6 is 45.5 Å². The zero-order valence-electron chi connectivity index (χ0n) is 25.4. The Labute approximate surface area is 283 Å². The van der Waals surface area contributed by atoms with Crippen molar-refractivity contribution in [3.8, 4) is 17.2 Å². The number of hydrogen-bond donors (Lipinski definition) is 0. The molecule has 1 atom stereocenters. The molecule has 11 heteroatoms. The van der Waals surface area contributed by atoms with Gasteiger partial charge >= 0.3 is 5.97 Å². The minimum absolute atomic E-state index is 0.0631. The number of nitrogens with zero attached hydrogens (tertiary/aromatic N) is 2. The number of thiazole rings is 1. The van der Waals surface area contributed by atoms with Crippen molar-refractivity contribution in [3.05, 3.63) is 117 Å². The van der Waals surface area contributed by atoms with Crippen LogP contribution in [-0.4, -0.2) is 30.4 Å². The van der Waals surface area contributed by atoms with E-state index in [2.05, 4.69) is 27.6 Å². The molecule has 2 heterocycles. The van der Waals surface area contributed by atoms with Crippen LogP contribution in [0.5, 0.6) is 17.2 Å². The molecule has 5 rings (SSSR count). The molecule has 0 amide bonds. The zero-order valence-corrected chi connectivity index (χ0v) is 29.2. The molecule has 0 N–H and O–H groups in total. The second-order valence-corrected chi connectivity index (χ2v) is 13.1. The highest BCUT2D eigenvalue weighted by molar-refractivity contribution is 14.1. The van der Waals surface area contributed by atoms with Crippen molar-refractivity contribution in [3.63, 3.8) is 0 Å². The van der Waals surface area contributed by atoms with Gasteiger partial charge in [0.2, 0.25) is 0 Å². The van der Waals surface area contributed by atoms with E-state index in [0.717, 1.165) is 20.4 Å². The maximum absolute atomic E-state index is 14.1. The molecule has 1 aliphatic heterocycles. The third kappa shape index (κ3) is 7.29. The molecule has 0 aliphatic carbocycles. The highest BCUT2D eigenvalue weighted by Crippen LogP contribution is 2.36. The Kier molecular flexibility index (Phi) is 10.4. The highest BCUT2D eigenvalue weighted by Gasteiger charge is 2.34. The van der Waals surface area contributed by atoms with Gasteiger partial charge in [0.05, 0.1) is 45.2 Å². The van der Waals surface area contributed by atoms with Crippen LogP contribution in [0.1, 0.15) is 50.4 Å². The molecule has 3 aromatic carbocycles. The quantitative estimate of drug-likeness (QED) is 0.137. The zero-order chi connectivity index (χ0) is 32.2. The predicted octanol–water partition coefficient (Wildman–Crippen LogP) is 6.43. The van der Waals surface area contributed by atoms with Gasteiger partial charge in [0.15, 0.2) is 16.3 Å². The third-order valence-corrected chi connectivity index (χ3v) is 9.02. The fourth-order valence-corrected chi connectivity index (χ4v) is 6.80. The van der Waals surface area contributed by atoms with Crippen molar-refractivity contribution >= 4 is 57.6 Å². The first-order chi connectivity index (χ1) is 21.6. The van der Waals surface area contributed by atoms with E-state index in [9.17, 15) is 9.59 Å². The van der Waals surface area contributed by atoms with Gasteiger partial charge in [0.1, 0.15) is 12.4 Å². The van der Waals surface area contributed by atoms with Gasteiger partial charge in [-0.3, -0.25) is 9.36 Å². The first-order valence-corrected chi connectivity index (χ1v) is 16.6. The van der Waals surface area contributed by atoms with Gasteiger partial charge in [-0.1, -0.05) is 47.2 Å². The summed E-state index contributed by atoms with van der Waals surface area (Å²) in [5.41, 5.74) is 3.03. The van der Waals surface area contributed by atoms with Crippen molar-refractivity contribution in [2.24, 2.45) is 4.99 Å². The van der Waals surface area contributed by atoms with Gasteiger partial charge in [0.25, 0.3) is 5.56 Å². The van der Waals surface area contributed by atoms with Crippen molar-refractivity contribution in [2.45, 2.75) is 46.4 Å². The minimum atomic E-state index is -0.770. The Morgan fingerprint density at radius 3 is 2.49 bits per heavy atom. The van der Waals surface area contributed by atoms with Gasteiger partial charge in [-0.15, -0.1) is 0 Å². The monoisotopic (exact) mass is 758 g/mol. The third-order valence-electron chi connectivity index (χ3n) is 6.94. The van der Waals surface area contributed by atoms with Crippen LogP contribution in [-0.2, 0) is 16.1 Å². The number of halogens is 2. The Balaban J connectivity index is 1.54. The second-order valence-electron chi connectivity index (χ2n) is 10.5. The topological polar surface area (TPSA) is 88.4 Å². The van der Waals surface area contributed by atoms with Gasteiger partial charge in [0, 0.05) is 5.02 Å². The number of esters is 1. The number of methoxy groups -OCH3 is 1. The molecule has 0 saturated carbocycles. The summed E-state index contributed by atoms with van der Waals surface area (Å²) in [5.74, 6) is 1.27. The van der Waals surface area contributed by atoms with E-state index in [1.54, 1.807) is 37.7 Å². The van der Waals surface area contributed by atoms with E-state index in [1.807, 2.05) is 68.5 Å². The Morgan fingerprint density at radius 1 is 1.09 bits per heavy atom. The molecule has 234 valence electrons. The van der Waals surface area contributed by atoms with E-state index >= 15 is 0 Å². The van der Waals surface area contributed by atoms with E-state index in [1.165, 1.54) is 11.3 Å². The fourth-order valence-electron chi connectivity index (χ4n) is 4.93. The van der Waals surface area contributed by atoms with Crippen LogP contribution in [0.2, 0.25) is 5.02 Å². The maximum atomic E-state index is 14.1. The Morgan fingerprint density at radius 2 is 1.82 bits per heavy atom. The summed E-state index contributed by atoms with van der Waals surface area (Å²) < 4.78 is 25.9. The van der Waals surface area contributed by atoms with Crippen LogP contribution in [0, 0.1) is 3.57 Å². The number of fused-ring (bicyclic) bond motifs is 1. The molecule has 45 heavy (non-hydrogen) atoms. The van der Waals surface area contributed by atoms with Gasteiger partial charge in [-0.05, 0) is 109 Å². The maximum Gasteiger partial charge on any atom is 0.338 e. The summed E-state index contributed by atoms with van der Waals surface area (Å²) in [5, 5.41) is 0.676. The van der Waals surface area contributed by atoms with Crippen molar-refractivity contribution in [2.75, 3.05) is 13.7 Å². The van der Waals surface area contributed by atoms with Crippen LogP contribution in [0.3, 0.4) is 0 Å². The molecule has 8 nitrogen and oxygen atoms in total. The second kappa shape index (κ2) is 14.2. The number of aromatic nitrogens is 1. The SMILES string of the molecule is CCOC(=O)C1=C(C)N=c2s/c(=C\c3ccc(OCc4ccc(Cl)cc4)c(I)c3)c(=O)n2[C@@H]1c1ccc(OC(C)C)c(OC)c1. The van der Waals surface area contributed by atoms with Gasteiger partial charge in [-0.2, -0.15) is 0 Å². The van der Waals surface area contributed by atoms with E-state index in [-0.39, 0.29) is 18.3 Å². The number of allylic oxidation sites excluding steroid dienone is 1. The molecule has 1 aliphatic rings. The van der Waals surface area contributed by atoms with Crippen molar-refractivity contribution in [1.82, 2.24) is 4.57 Å². The van der Waals surface area contributed by atoms with E-state index in [4.69, 9.17) is 30.5 Å². The van der Waals surface area contributed by atoms with Crippen molar-refractivity contribution < 1.29 is 23.7 Å². The number of carbonyl (C=O) groups excluding carboxylic acids is 1. The van der Waals surface area contributed by atoms with Crippen LogP contribution in [0.25, 0.3) is 6.08 Å². The summed E-state index contributed by atoms with van der Waals surface area (Å²) in [6.45, 7) is 7.96. The molecular formula is C34H32ClIN2O6S. The summed E-state index contributed by atoms with van der Waals surface area (Å²) in [6, 6.07) is 17.9. The smallest absolute Gasteiger partial charge is 0.338 e. The Hall–Kier alpha value is -3.61. The number of hydrogen-bond acceptors (Lipinski definition) is 8. The molecular weight excluding hydrogens is 727 g/mol. The Bertz CT molecular complexity index is 1950. The predicted molar refractivity (Wildman–Crippen MR) is 184 cm³/mol. The lowest BCUT2D eigenvalue weighted by Crippen LogP contribution is -2.40. The van der Waals surface area contributed by atoms with E-state index < -0.39 is 12.0 Å². The van der Waals surface area contributed by atoms with Crippen LogP contribution in [0.15, 0.2) is 81.7 Å². The molecule has 0 bridgehead atoms. The first-order valence-electron chi connectivity index (χ1n) is 14.3. The standard InChI is InChI=1S/C34H32ClIN2O6S/c1-6-42-33(40)30-20(4)37-34-38(31(30)23-10-14-27(44-19(2)3)28(17-23)41-5)32(39)29(45-34)16-22-9-13-26(25(36)15-22)43-18-21-7-11-24(35)12-8-21/h7-17,19,31H,6,18H2,1-5H3/b29-16-/t31-/m1/s1. The minimum Gasteiger partial charge on any atom is -0.493 e. The molecule has 0 saturated heterocycles. The molecule has 0 unspecified atom stereocenters. The average molecular weight is 759 g/mol. The molecule has 0 radical (unpaired) electrons. The molecule has 0 spiro atoms. The highest BCUT2D eigenvalue weighted by atomic mass is 127. The number of ether oxygens (including phenoxy) is 4. The summed E-state index contributed by atoms with van der Waals surface area (Å²) in [4.78, 5) is 32.5. The van der Waals surface area contributed by atoms with Crippen molar-refractivity contribution in [1.29, 1.82) is 0 Å². The number of rotatable bonds is 10. The average Bonchev–Trinajstić information content (AvgIpc) is 3.30. The normalized spacial score (nSPS) is 14.7. The van der Waals surface area contributed by atoms with Crippen LogP contribution in [0.4, 0.5) is 0 Å². The lowest BCUT2D eigenvalue weighted by Gasteiger charge is -2.25. The number of benzene rings is 3. The molecule has 1 aromatic heterocycles. The van der Waals surface area contributed by atoms with Gasteiger partial charge < -0.3 is 18.9 Å². The lowest BCUT2D eigenvalue weighted by atomic mass is 9.95. The number of carbonyl (C=O) groups is 1. The molecule has 0 fully saturated rings.